The molecular formula is C14H12ClNO3S. The lowest BCUT2D eigenvalue weighted by Crippen LogP contribution is -2.36. The van der Waals surface area contributed by atoms with Crippen LogP contribution in [0.1, 0.15) is 10.4 Å². The summed E-state index contributed by atoms with van der Waals surface area (Å²) in [6.45, 7) is 0. The van der Waals surface area contributed by atoms with E-state index in [1.54, 1.807) is 42.5 Å². The molecule has 0 aliphatic heterocycles. The lowest BCUT2D eigenvalue weighted by atomic mass is 10.2. The van der Waals surface area contributed by atoms with Crippen LogP contribution in [0.3, 0.4) is 0 Å². The van der Waals surface area contributed by atoms with E-state index >= 15 is 0 Å². The van der Waals surface area contributed by atoms with Gasteiger partial charge in [0.25, 0.3) is 5.91 Å². The van der Waals surface area contributed by atoms with Gasteiger partial charge in [0.2, 0.25) is 10.0 Å². The molecule has 2 aromatic rings. The number of carbonyl (C=O) groups excluding carboxylic acids is 1. The van der Waals surface area contributed by atoms with Crippen molar-refractivity contribution >= 4 is 33.2 Å². The summed E-state index contributed by atoms with van der Waals surface area (Å²) < 4.78 is 24.6. The third-order valence-corrected chi connectivity index (χ3v) is 3.95. The summed E-state index contributed by atoms with van der Waals surface area (Å²) in [7, 11) is -3.79. The molecule has 0 atom stereocenters. The fraction of sp³-hybridized carbons (Fsp3) is 0.0714. The molecule has 0 saturated carbocycles. The molecule has 104 valence electrons. The molecule has 0 unspecified atom stereocenters. The minimum Gasteiger partial charge on any atom is -0.268 e. The molecule has 4 nitrogen and oxygen atoms in total. The number of anilines is 1. The number of halogens is 1. The predicted octanol–water partition coefficient (Wildman–Crippen LogP) is 2.95. The Morgan fingerprint density at radius 3 is 2.10 bits per heavy atom. The predicted molar refractivity (Wildman–Crippen MR) is 79.5 cm³/mol. The Labute approximate surface area is 122 Å². The average molecular weight is 310 g/mol. The minimum absolute atomic E-state index is 0.144. The summed E-state index contributed by atoms with van der Waals surface area (Å²) in [5, 5.41) is 0.196. The van der Waals surface area contributed by atoms with Crippen molar-refractivity contribution in [2.24, 2.45) is 0 Å². The molecule has 0 radical (unpaired) electrons. The molecular weight excluding hydrogens is 298 g/mol. The van der Waals surface area contributed by atoms with Crippen LogP contribution in [0.2, 0.25) is 5.02 Å². The van der Waals surface area contributed by atoms with Gasteiger partial charge < -0.3 is 0 Å². The maximum Gasteiger partial charge on any atom is 0.272 e. The lowest BCUT2D eigenvalue weighted by molar-refractivity contribution is 0.101. The first-order chi connectivity index (χ1) is 9.41. The molecule has 0 N–H and O–H groups in total. The highest BCUT2D eigenvalue weighted by Gasteiger charge is 2.27. The van der Waals surface area contributed by atoms with Crippen LogP contribution in [0.15, 0.2) is 54.6 Å². The third-order valence-electron chi connectivity index (χ3n) is 2.61. The van der Waals surface area contributed by atoms with Crippen LogP contribution < -0.4 is 4.31 Å². The van der Waals surface area contributed by atoms with Crippen molar-refractivity contribution in [2.75, 3.05) is 10.6 Å². The molecule has 0 aromatic heterocycles. The fourth-order valence-electron chi connectivity index (χ4n) is 1.75. The summed E-state index contributed by atoms with van der Waals surface area (Å²) in [6.07, 6.45) is 0.969. The lowest BCUT2D eigenvalue weighted by Gasteiger charge is -2.21. The Morgan fingerprint density at radius 1 is 1.00 bits per heavy atom. The summed E-state index contributed by atoms with van der Waals surface area (Å²) >= 11 is 6.00. The maximum absolute atomic E-state index is 12.4. The number of benzene rings is 2. The highest BCUT2D eigenvalue weighted by molar-refractivity contribution is 7.92. The van der Waals surface area contributed by atoms with Crippen LogP contribution in [0.25, 0.3) is 0 Å². The number of rotatable bonds is 3. The average Bonchev–Trinajstić information content (AvgIpc) is 2.41. The van der Waals surface area contributed by atoms with Crippen molar-refractivity contribution in [3.8, 4) is 0 Å². The molecule has 0 bridgehead atoms. The fourth-order valence-corrected chi connectivity index (χ4v) is 2.95. The van der Waals surface area contributed by atoms with Gasteiger partial charge in [-0.1, -0.05) is 41.9 Å². The first-order valence-corrected chi connectivity index (χ1v) is 7.98. The molecule has 0 heterocycles. The number of hydrogen-bond acceptors (Lipinski definition) is 3. The maximum atomic E-state index is 12.4. The molecule has 6 heteroatoms. The summed E-state index contributed by atoms with van der Waals surface area (Å²) in [4.78, 5) is 12.4. The first kappa shape index (κ1) is 14.6. The highest BCUT2D eigenvalue weighted by atomic mass is 35.5. The molecule has 20 heavy (non-hydrogen) atoms. The Kier molecular flexibility index (Phi) is 4.11. The number of hydrogen-bond donors (Lipinski definition) is 0. The van der Waals surface area contributed by atoms with E-state index in [2.05, 4.69) is 0 Å². The molecule has 0 spiro atoms. The van der Waals surface area contributed by atoms with Crippen molar-refractivity contribution < 1.29 is 13.2 Å². The standard InChI is InChI=1S/C14H12ClNO3S/c1-20(18,19)16(13-10-6-5-9-12(13)15)14(17)11-7-3-2-4-8-11/h2-10H,1H3. The zero-order chi connectivity index (χ0) is 14.8. The van der Waals surface area contributed by atoms with E-state index in [4.69, 9.17) is 11.6 Å². The van der Waals surface area contributed by atoms with Gasteiger partial charge in [-0.25, -0.2) is 12.7 Å². The Balaban J connectivity index is 2.56. The zero-order valence-corrected chi connectivity index (χ0v) is 12.2. The van der Waals surface area contributed by atoms with Gasteiger partial charge in [-0.05, 0) is 24.3 Å². The zero-order valence-electron chi connectivity index (χ0n) is 10.7. The van der Waals surface area contributed by atoms with E-state index in [1.165, 1.54) is 12.1 Å². The van der Waals surface area contributed by atoms with Gasteiger partial charge in [0.05, 0.1) is 17.0 Å². The van der Waals surface area contributed by atoms with E-state index in [-0.39, 0.29) is 16.3 Å². The van der Waals surface area contributed by atoms with E-state index in [1.807, 2.05) is 0 Å². The number of amides is 1. The van der Waals surface area contributed by atoms with Gasteiger partial charge in [-0.3, -0.25) is 4.79 Å². The molecule has 1 amide bonds. The highest BCUT2D eigenvalue weighted by Crippen LogP contribution is 2.28. The monoisotopic (exact) mass is 309 g/mol. The van der Waals surface area contributed by atoms with Crippen LogP contribution >= 0.6 is 11.6 Å². The summed E-state index contributed by atoms with van der Waals surface area (Å²) in [5.41, 5.74) is 0.420. The van der Waals surface area contributed by atoms with Crippen molar-refractivity contribution in [3.63, 3.8) is 0 Å². The van der Waals surface area contributed by atoms with Gasteiger partial charge in [0.1, 0.15) is 0 Å². The second kappa shape index (κ2) is 5.64. The smallest absolute Gasteiger partial charge is 0.268 e. The molecule has 0 aliphatic rings. The van der Waals surface area contributed by atoms with E-state index < -0.39 is 15.9 Å². The van der Waals surface area contributed by atoms with Gasteiger partial charge in [-0.2, -0.15) is 0 Å². The van der Waals surface area contributed by atoms with Crippen molar-refractivity contribution in [3.05, 3.63) is 65.2 Å². The molecule has 0 aliphatic carbocycles. The Hall–Kier alpha value is -1.85. The van der Waals surface area contributed by atoms with Gasteiger partial charge in [0.15, 0.2) is 0 Å². The molecule has 2 rings (SSSR count). The topological polar surface area (TPSA) is 54.5 Å². The quantitative estimate of drug-likeness (QED) is 0.876. The van der Waals surface area contributed by atoms with Gasteiger partial charge in [-0.15, -0.1) is 0 Å². The van der Waals surface area contributed by atoms with Crippen LogP contribution in [-0.4, -0.2) is 20.6 Å². The van der Waals surface area contributed by atoms with Crippen LogP contribution in [0.4, 0.5) is 5.69 Å². The van der Waals surface area contributed by atoms with E-state index in [0.29, 0.717) is 4.31 Å². The minimum atomic E-state index is -3.79. The van der Waals surface area contributed by atoms with E-state index in [0.717, 1.165) is 6.26 Å². The Bertz CT molecular complexity index is 729. The SMILES string of the molecule is CS(=O)(=O)N(C(=O)c1ccccc1)c1ccccc1Cl. The van der Waals surface area contributed by atoms with Gasteiger partial charge >= 0.3 is 0 Å². The number of carbonyl (C=O) groups is 1. The van der Waals surface area contributed by atoms with Crippen LogP contribution in [0.5, 0.6) is 0 Å². The summed E-state index contributed by atoms with van der Waals surface area (Å²) in [6, 6.07) is 14.5. The molecule has 2 aromatic carbocycles. The Morgan fingerprint density at radius 2 is 1.55 bits per heavy atom. The first-order valence-electron chi connectivity index (χ1n) is 5.75. The normalized spacial score (nSPS) is 11.1. The van der Waals surface area contributed by atoms with Crippen LogP contribution in [-0.2, 0) is 10.0 Å². The second-order valence-corrected chi connectivity index (χ2v) is 6.39. The van der Waals surface area contributed by atoms with Crippen molar-refractivity contribution in [1.29, 1.82) is 0 Å². The molecule has 0 saturated heterocycles. The third kappa shape index (κ3) is 3.00. The number of nitrogens with zero attached hydrogens (tertiary/aromatic N) is 1. The van der Waals surface area contributed by atoms with Crippen LogP contribution in [0, 0.1) is 0 Å². The largest absolute Gasteiger partial charge is 0.272 e. The molecule has 0 fully saturated rings. The number of para-hydroxylation sites is 1. The van der Waals surface area contributed by atoms with Gasteiger partial charge in [0, 0.05) is 5.56 Å². The van der Waals surface area contributed by atoms with Crippen molar-refractivity contribution in [1.82, 2.24) is 0 Å². The second-order valence-electron chi connectivity index (χ2n) is 4.15. The van der Waals surface area contributed by atoms with Crippen molar-refractivity contribution in [2.45, 2.75) is 0 Å². The summed E-state index contributed by atoms with van der Waals surface area (Å²) in [5.74, 6) is -0.638. The van der Waals surface area contributed by atoms with E-state index in [9.17, 15) is 13.2 Å². The number of sulfonamides is 1.